The molecular formula is C9H14ClNOS. The summed E-state index contributed by atoms with van der Waals surface area (Å²) in [4.78, 5) is 1.24. The predicted octanol–water partition coefficient (Wildman–Crippen LogP) is 2.43. The lowest BCUT2D eigenvalue weighted by Crippen LogP contribution is -2.23. The maximum absolute atomic E-state index is 8.68. The Kier molecular flexibility index (Phi) is 4.73. The lowest BCUT2D eigenvalue weighted by molar-refractivity contribution is 0.284. The van der Waals surface area contributed by atoms with Crippen molar-refractivity contribution >= 4 is 22.9 Å². The molecule has 0 fully saturated rings. The fourth-order valence-corrected chi connectivity index (χ4v) is 2.42. The molecule has 0 radical (unpaired) electrons. The molecule has 0 amide bonds. The van der Waals surface area contributed by atoms with Crippen molar-refractivity contribution in [3.05, 3.63) is 21.3 Å². The van der Waals surface area contributed by atoms with E-state index in [1.54, 1.807) is 11.3 Å². The van der Waals surface area contributed by atoms with Crippen LogP contribution in [-0.4, -0.2) is 18.3 Å². The predicted molar refractivity (Wildman–Crippen MR) is 57.4 cm³/mol. The fourth-order valence-electron chi connectivity index (χ4n) is 1.20. The second kappa shape index (κ2) is 5.60. The molecule has 4 heteroatoms. The van der Waals surface area contributed by atoms with Crippen LogP contribution < -0.4 is 5.32 Å². The third kappa shape index (κ3) is 3.27. The highest BCUT2D eigenvalue weighted by atomic mass is 35.5. The molecule has 1 heterocycles. The molecule has 0 aliphatic heterocycles. The summed E-state index contributed by atoms with van der Waals surface area (Å²) in [5.41, 5.74) is 0. The van der Waals surface area contributed by atoms with Gasteiger partial charge in [-0.1, -0.05) is 18.5 Å². The van der Waals surface area contributed by atoms with Crippen molar-refractivity contribution in [1.82, 2.24) is 5.32 Å². The normalized spacial score (nSPS) is 13.2. The molecular weight excluding hydrogens is 206 g/mol. The Morgan fingerprint density at radius 3 is 2.85 bits per heavy atom. The Bertz CT molecular complexity index is 252. The molecule has 0 aromatic carbocycles. The second-order valence-corrected chi connectivity index (χ2v) is 4.53. The third-order valence-electron chi connectivity index (χ3n) is 1.85. The lowest BCUT2D eigenvalue weighted by Gasteiger charge is -2.13. The second-order valence-electron chi connectivity index (χ2n) is 2.78. The van der Waals surface area contributed by atoms with Crippen molar-refractivity contribution in [3.63, 3.8) is 0 Å². The highest BCUT2D eigenvalue weighted by Gasteiger charge is 2.09. The van der Waals surface area contributed by atoms with Crippen molar-refractivity contribution in [2.75, 3.05) is 13.2 Å². The van der Waals surface area contributed by atoms with Crippen molar-refractivity contribution in [2.45, 2.75) is 19.4 Å². The zero-order chi connectivity index (χ0) is 9.68. The van der Waals surface area contributed by atoms with E-state index in [0.29, 0.717) is 12.6 Å². The Hall–Kier alpha value is -0.0900. The SMILES string of the molecule is CCC(NCCO)c1ccc(Cl)s1. The first-order chi connectivity index (χ1) is 6.27. The van der Waals surface area contributed by atoms with Gasteiger partial charge in [0.1, 0.15) is 0 Å². The average molecular weight is 220 g/mol. The topological polar surface area (TPSA) is 32.3 Å². The molecule has 2 nitrogen and oxygen atoms in total. The van der Waals surface area contributed by atoms with Crippen LogP contribution in [0.5, 0.6) is 0 Å². The fraction of sp³-hybridized carbons (Fsp3) is 0.556. The van der Waals surface area contributed by atoms with Gasteiger partial charge >= 0.3 is 0 Å². The Morgan fingerprint density at radius 1 is 1.62 bits per heavy atom. The maximum atomic E-state index is 8.68. The molecule has 0 saturated heterocycles. The van der Waals surface area contributed by atoms with Crippen LogP contribution in [0.4, 0.5) is 0 Å². The van der Waals surface area contributed by atoms with Gasteiger partial charge in [-0.3, -0.25) is 0 Å². The summed E-state index contributed by atoms with van der Waals surface area (Å²) in [5, 5.41) is 11.9. The van der Waals surface area contributed by atoms with Crippen LogP contribution in [0, 0.1) is 0 Å². The van der Waals surface area contributed by atoms with Crippen molar-refractivity contribution in [3.8, 4) is 0 Å². The van der Waals surface area contributed by atoms with E-state index in [4.69, 9.17) is 16.7 Å². The summed E-state index contributed by atoms with van der Waals surface area (Å²) in [7, 11) is 0. The highest BCUT2D eigenvalue weighted by Crippen LogP contribution is 2.28. The summed E-state index contributed by atoms with van der Waals surface area (Å²) in [5.74, 6) is 0. The highest BCUT2D eigenvalue weighted by molar-refractivity contribution is 7.16. The minimum absolute atomic E-state index is 0.176. The standard InChI is InChI=1S/C9H14ClNOS/c1-2-7(11-5-6-12)8-3-4-9(10)13-8/h3-4,7,11-12H,2,5-6H2,1H3. The smallest absolute Gasteiger partial charge is 0.0931 e. The molecule has 0 saturated carbocycles. The van der Waals surface area contributed by atoms with E-state index in [2.05, 4.69) is 12.2 Å². The van der Waals surface area contributed by atoms with Crippen LogP contribution >= 0.6 is 22.9 Å². The molecule has 1 atom stereocenters. The first-order valence-electron chi connectivity index (χ1n) is 4.37. The number of nitrogens with one attached hydrogen (secondary N) is 1. The van der Waals surface area contributed by atoms with Crippen LogP contribution in [0.1, 0.15) is 24.3 Å². The van der Waals surface area contributed by atoms with Gasteiger partial charge in [0.15, 0.2) is 0 Å². The first kappa shape index (κ1) is 11.0. The molecule has 1 rings (SSSR count). The molecule has 0 aliphatic carbocycles. The van der Waals surface area contributed by atoms with E-state index in [0.717, 1.165) is 10.8 Å². The summed E-state index contributed by atoms with van der Waals surface area (Å²) in [6.45, 7) is 2.92. The maximum Gasteiger partial charge on any atom is 0.0931 e. The summed E-state index contributed by atoms with van der Waals surface area (Å²) in [6, 6.07) is 4.26. The first-order valence-corrected chi connectivity index (χ1v) is 5.56. The minimum atomic E-state index is 0.176. The van der Waals surface area contributed by atoms with Crippen molar-refractivity contribution in [1.29, 1.82) is 0 Å². The number of hydrogen-bond donors (Lipinski definition) is 2. The van der Waals surface area contributed by atoms with E-state index in [9.17, 15) is 0 Å². The molecule has 1 unspecified atom stereocenters. The van der Waals surface area contributed by atoms with E-state index in [1.807, 2.05) is 12.1 Å². The summed E-state index contributed by atoms with van der Waals surface area (Å²) >= 11 is 7.43. The number of thiophene rings is 1. The molecule has 1 aromatic heterocycles. The van der Waals surface area contributed by atoms with E-state index in [-0.39, 0.29) is 6.61 Å². The molecule has 2 N–H and O–H groups in total. The number of rotatable bonds is 5. The van der Waals surface area contributed by atoms with Crippen LogP contribution in [0.2, 0.25) is 4.34 Å². The zero-order valence-corrected chi connectivity index (χ0v) is 9.16. The van der Waals surface area contributed by atoms with Gasteiger partial charge in [-0.25, -0.2) is 0 Å². The van der Waals surface area contributed by atoms with Gasteiger partial charge in [0.05, 0.1) is 10.9 Å². The molecule has 1 aromatic rings. The Labute approximate surface area is 87.5 Å². The molecule has 0 spiro atoms. The Morgan fingerprint density at radius 2 is 2.38 bits per heavy atom. The van der Waals surface area contributed by atoms with Gasteiger partial charge in [0.25, 0.3) is 0 Å². The van der Waals surface area contributed by atoms with E-state index in [1.165, 1.54) is 4.88 Å². The molecule has 0 bridgehead atoms. The average Bonchev–Trinajstić information content (AvgIpc) is 2.54. The number of halogens is 1. The zero-order valence-electron chi connectivity index (χ0n) is 7.59. The minimum Gasteiger partial charge on any atom is -0.395 e. The van der Waals surface area contributed by atoms with Gasteiger partial charge in [-0.05, 0) is 18.6 Å². The van der Waals surface area contributed by atoms with Crippen LogP contribution in [-0.2, 0) is 0 Å². The summed E-state index contributed by atoms with van der Waals surface area (Å²) < 4.78 is 0.819. The van der Waals surface area contributed by atoms with Gasteiger partial charge in [0, 0.05) is 17.5 Å². The van der Waals surface area contributed by atoms with Gasteiger partial charge in [-0.2, -0.15) is 0 Å². The van der Waals surface area contributed by atoms with E-state index >= 15 is 0 Å². The van der Waals surface area contributed by atoms with Gasteiger partial charge in [0.2, 0.25) is 0 Å². The van der Waals surface area contributed by atoms with Crippen molar-refractivity contribution < 1.29 is 5.11 Å². The third-order valence-corrected chi connectivity index (χ3v) is 3.19. The largest absolute Gasteiger partial charge is 0.395 e. The molecule has 13 heavy (non-hydrogen) atoms. The Balaban J connectivity index is 2.56. The van der Waals surface area contributed by atoms with Crippen LogP contribution in [0.15, 0.2) is 12.1 Å². The summed E-state index contributed by atoms with van der Waals surface area (Å²) in [6.07, 6.45) is 1.01. The van der Waals surface area contributed by atoms with Gasteiger partial charge < -0.3 is 10.4 Å². The van der Waals surface area contributed by atoms with Crippen LogP contribution in [0.3, 0.4) is 0 Å². The molecule has 0 aliphatic rings. The van der Waals surface area contributed by atoms with Crippen LogP contribution in [0.25, 0.3) is 0 Å². The number of hydrogen-bond acceptors (Lipinski definition) is 3. The number of aliphatic hydroxyl groups excluding tert-OH is 1. The molecule has 74 valence electrons. The van der Waals surface area contributed by atoms with Gasteiger partial charge in [-0.15, -0.1) is 11.3 Å². The van der Waals surface area contributed by atoms with Crippen molar-refractivity contribution in [2.24, 2.45) is 0 Å². The van der Waals surface area contributed by atoms with E-state index < -0.39 is 0 Å². The quantitative estimate of drug-likeness (QED) is 0.798. The number of aliphatic hydroxyl groups is 1. The monoisotopic (exact) mass is 219 g/mol. The lowest BCUT2D eigenvalue weighted by atomic mass is 10.2.